The van der Waals surface area contributed by atoms with Crippen LogP contribution in [0.1, 0.15) is 92.9 Å². The van der Waals surface area contributed by atoms with Gasteiger partial charge in [-0.3, -0.25) is 19.2 Å². The number of hydrogen-bond donors (Lipinski definition) is 4. The number of urea groups is 1. The van der Waals surface area contributed by atoms with Crippen molar-refractivity contribution < 1.29 is 37.1 Å². The summed E-state index contributed by atoms with van der Waals surface area (Å²) in [6.45, 7) is 15.6. The van der Waals surface area contributed by atoms with Gasteiger partial charge in [0.05, 0.1) is 30.5 Å². The Morgan fingerprint density at radius 2 is 1.73 bits per heavy atom. The summed E-state index contributed by atoms with van der Waals surface area (Å²) >= 11 is 0. The number of hydrogen-bond acceptors (Lipinski definition) is 8. The fourth-order valence-corrected chi connectivity index (χ4v) is 10.1. The number of ether oxygens (including phenoxy) is 1. The van der Waals surface area contributed by atoms with Crippen LogP contribution in [0, 0.1) is 22.7 Å². The van der Waals surface area contributed by atoms with Crippen LogP contribution in [0.2, 0.25) is 0 Å². The first-order chi connectivity index (χ1) is 22.9. The van der Waals surface area contributed by atoms with Crippen LogP contribution in [0.5, 0.6) is 0 Å². The quantitative estimate of drug-likeness (QED) is 0.166. The van der Waals surface area contributed by atoms with E-state index in [2.05, 4.69) is 27.8 Å². The third-order valence-corrected chi connectivity index (χ3v) is 13.4. The van der Waals surface area contributed by atoms with E-state index in [1.54, 1.807) is 0 Å². The van der Waals surface area contributed by atoms with Gasteiger partial charge in [-0.2, -0.15) is 0 Å². The van der Waals surface area contributed by atoms with Crippen LogP contribution in [0.4, 0.5) is 4.79 Å². The number of fused-ring (bicyclic) bond motifs is 1. The first-order valence-electron chi connectivity index (χ1n) is 17.8. The van der Waals surface area contributed by atoms with Crippen LogP contribution in [0.3, 0.4) is 0 Å². The molecule has 0 spiro atoms. The van der Waals surface area contributed by atoms with Crippen molar-refractivity contribution in [2.24, 2.45) is 22.7 Å². The highest BCUT2D eigenvalue weighted by molar-refractivity contribution is 7.92. The molecule has 14 heteroatoms. The van der Waals surface area contributed by atoms with Gasteiger partial charge in [0.25, 0.3) is 5.91 Å². The van der Waals surface area contributed by atoms with E-state index in [4.69, 9.17) is 4.74 Å². The summed E-state index contributed by atoms with van der Waals surface area (Å²) in [6, 6.07) is -3.64. The fraction of sp³-hybridized carbons (Fsp3) is 0.800. The predicted molar refractivity (Wildman–Crippen MR) is 185 cm³/mol. The van der Waals surface area contributed by atoms with E-state index in [1.807, 2.05) is 41.5 Å². The van der Waals surface area contributed by atoms with E-state index in [9.17, 15) is 32.4 Å². The molecule has 0 radical (unpaired) electrons. The summed E-state index contributed by atoms with van der Waals surface area (Å²) in [5.74, 6) is -2.72. The van der Waals surface area contributed by atoms with Crippen LogP contribution in [-0.2, 0) is 33.8 Å². The number of ketones is 1. The van der Waals surface area contributed by atoms with E-state index in [-0.39, 0.29) is 49.2 Å². The molecule has 13 nitrogen and oxygen atoms in total. The Labute approximate surface area is 291 Å². The molecule has 4 N–H and O–H groups in total. The number of carbonyl (C=O) groups is 5. The van der Waals surface area contributed by atoms with E-state index in [1.165, 1.54) is 11.0 Å². The van der Waals surface area contributed by atoms with Crippen molar-refractivity contribution in [3.8, 4) is 0 Å². The Morgan fingerprint density at radius 3 is 2.33 bits per heavy atom. The molecule has 2 saturated heterocycles. The zero-order valence-electron chi connectivity index (χ0n) is 30.1. The standard InChI is InChI=1S/C35H57N5O8S/c1-8-10-14-23(27(41)30(43)36-17-9-2)37-29(42)26-25-22(34(25,6)7)20-40(26)31(44)28(33(3,4)5)38-32(45)39-35(15-12-11-13-16-35)24-21-48-18-19-49(24,46)47/h9,22-26,28H,2,8,10-21H2,1,3-7H3,(H,36,43)(H,37,42)(H2,38,39,45)/t22?,23-,24?,25?,26-,28+/m0/s1. The number of sulfone groups is 1. The van der Waals surface area contributed by atoms with Crippen LogP contribution >= 0.6 is 0 Å². The van der Waals surface area contributed by atoms with Gasteiger partial charge in [0.2, 0.25) is 17.6 Å². The molecule has 2 saturated carbocycles. The van der Waals surface area contributed by atoms with Gasteiger partial charge in [-0.15, -0.1) is 6.58 Å². The van der Waals surface area contributed by atoms with Gasteiger partial charge in [0.15, 0.2) is 9.84 Å². The molecule has 6 atom stereocenters. The predicted octanol–water partition coefficient (Wildman–Crippen LogP) is 2.25. The topological polar surface area (TPSA) is 180 Å². The van der Waals surface area contributed by atoms with E-state index in [0.29, 0.717) is 25.8 Å². The van der Waals surface area contributed by atoms with Gasteiger partial charge in [0.1, 0.15) is 17.3 Å². The summed E-state index contributed by atoms with van der Waals surface area (Å²) in [5, 5.41) is 10.3. The maximum atomic E-state index is 14.5. The minimum absolute atomic E-state index is 0.00500. The number of nitrogens with one attached hydrogen (secondary N) is 4. The van der Waals surface area contributed by atoms with Gasteiger partial charge < -0.3 is 30.9 Å². The molecule has 4 rings (SSSR count). The highest BCUT2D eigenvalue weighted by Crippen LogP contribution is 2.65. The zero-order chi connectivity index (χ0) is 36.4. The molecule has 2 aliphatic carbocycles. The van der Waals surface area contributed by atoms with Gasteiger partial charge in [-0.1, -0.05) is 79.7 Å². The second kappa shape index (κ2) is 15.1. The van der Waals surface area contributed by atoms with Crippen molar-refractivity contribution in [2.45, 2.75) is 122 Å². The molecule has 5 amide bonds. The first kappa shape index (κ1) is 38.8. The molecule has 2 aliphatic heterocycles. The van der Waals surface area contributed by atoms with Gasteiger partial charge in [0, 0.05) is 13.1 Å². The summed E-state index contributed by atoms with van der Waals surface area (Å²) < 4.78 is 31.9. The molecule has 3 unspecified atom stereocenters. The molecule has 4 aliphatic rings. The second-order valence-corrected chi connectivity index (χ2v) is 18.3. The number of carbonyl (C=O) groups excluding carboxylic acids is 5. The number of amides is 5. The summed E-state index contributed by atoms with van der Waals surface area (Å²) in [7, 11) is -3.52. The van der Waals surface area contributed by atoms with Crippen molar-refractivity contribution in [3.05, 3.63) is 12.7 Å². The maximum absolute atomic E-state index is 14.5. The van der Waals surface area contributed by atoms with Gasteiger partial charge in [-0.05, 0) is 41.9 Å². The Morgan fingerprint density at radius 1 is 1.06 bits per heavy atom. The minimum Gasteiger partial charge on any atom is -0.379 e. The average molecular weight is 708 g/mol. The van der Waals surface area contributed by atoms with Crippen molar-refractivity contribution in [1.82, 2.24) is 26.2 Å². The molecule has 276 valence electrons. The lowest BCUT2D eigenvalue weighted by molar-refractivity contribution is -0.145. The van der Waals surface area contributed by atoms with Crippen molar-refractivity contribution in [1.29, 1.82) is 0 Å². The molecule has 4 fully saturated rings. The molecule has 2 heterocycles. The molecular formula is C35H57N5O8S. The molecular weight excluding hydrogens is 650 g/mol. The number of piperidine rings is 1. The van der Waals surface area contributed by atoms with Gasteiger partial charge >= 0.3 is 6.03 Å². The summed E-state index contributed by atoms with van der Waals surface area (Å²) in [4.78, 5) is 69.5. The molecule has 0 bridgehead atoms. The Kier molecular flexibility index (Phi) is 11.9. The van der Waals surface area contributed by atoms with Crippen LogP contribution in [0.15, 0.2) is 12.7 Å². The van der Waals surface area contributed by atoms with E-state index < -0.39 is 73.7 Å². The number of unbranched alkanes of at least 4 members (excludes halogenated alkanes) is 1. The van der Waals surface area contributed by atoms with Gasteiger partial charge in [-0.25, -0.2) is 13.2 Å². The van der Waals surface area contributed by atoms with Crippen LogP contribution in [0.25, 0.3) is 0 Å². The lowest BCUT2D eigenvalue weighted by Gasteiger charge is -2.45. The Bertz CT molecular complexity index is 1400. The molecule has 49 heavy (non-hydrogen) atoms. The maximum Gasteiger partial charge on any atom is 0.315 e. The number of Topliss-reactive ketones (excluding diaryl/α,β-unsaturated/α-hetero) is 1. The number of nitrogens with zero attached hydrogens (tertiary/aromatic N) is 1. The first-order valence-corrected chi connectivity index (χ1v) is 19.5. The number of rotatable bonds is 13. The van der Waals surface area contributed by atoms with Crippen LogP contribution in [-0.4, -0.2) is 104 Å². The zero-order valence-corrected chi connectivity index (χ0v) is 30.9. The lowest BCUT2D eigenvalue weighted by Crippen LogP contribution is -2.67. The fourth-order valence-electron chi connectivity index (χ4n) is 8.19. The summed E-state index contributed by atoms with van der Waals surface area (Å²) in [5.41, 5.74) is -2.01. The van der Waals surface area contributed by atoms with Crippen molar-refractivity contribution >= 4 is 39.4 Å². The Balaban J connectivity index is 1.56. The third kappa shape index (κ3) is 8.32. The number of likely N-dealkylation sites (tertiary alicyclic amines) is 1. The highest BCUT2D eigenvalue weighted by Gasteiger charge is 2.70. The third-order valence-electron chi connectivity index (χ3n) is 11.2. The smallest absolute Gasteiger partial charge is 0.315 e. The SMILES string of the molecule is C=CCNC(=O)C(=O)[C@H](CCCC)NC(=O)[C@@H]1C2C(CN1C(=O)[C@@H](NC(=O)NC1(C3COCCS3(=O)=O)CCCCC1)C(C)(C)C)C2(C)C. The molecule has 0 aromatic carbocycles. The average Bonchev–Trinajstić information content (AvgIpc) is 3.33. The summed E-state index contributed by atoms with van der Waals surface area (Å²) in [6.07, 6.45) is 6.52. The van der Waals surface area contributed by atoms with Crippen molar-refractivity contribution in [2.75, 3.05) is 32.1 Å². The van der Waals surface area contributed by atoms with Crippen LogP contribution < -0.4 is 21.3 Å². The largest absolute Gasteiger partial charge is 0.379 e. The molecule has 0 aromatic rings. The monoisotopic (exact) mass is 707 g/mol. The highest BCUT2D eigenvalue weighted by atomic mass is 32.2. The molecule has 0 aromatic heterocycles. The second-order valence-electron chi connectivity index (χ2n) is 16.0. The lowest BCUT2D eigenvalue weighted by atomic mass is 9.79. The minimum atomic E-state index is -3.52. The normalized spacial score (nSPS) is 27.8. The van der Waals surface area contributed by atoms with E-state index in [0.717, 1.165) is 25.7 Å². The van der Waals surface area contributed by atoms with Crippen molar-refractivity contribution in [3.63, 3.8) is 0 Å². The van der Waals surface area contributed by atoms with E-state index >= 15 is 0 Å². The Hall–Kier alpha value is -3.00.